The highest BCUT2D eigenvalue weighted by Gasteiger charge is 2.25. The number of halogens is 1. The number of hydrogen-bond donors (Lipinski definition) is 2. The average Bonchev–Trinajstić information content (AvgIpc) is 2.30. The van der Waals surface area contributed by atoms with Gasteiger partial charge in [-0.25, -0.2) is 0 Å². The van der Waals surface area contributed by atoms with Gasteiger partial charge in [0, 0.05) is 5.92 Å². The van der Waals surface area contributed by atoms with Gasteiger partial charge in [0.2, 0.25) is 5.91 Å². The normalized spacial score (nSPS) is 13.8. The highest BCUT2D eigenvalue weighted by atomic mass is 35.5. The predicted octanol–water partition coefficient (Wildman–Crippen LogP) is 2.64. The molecule has 17 heavy (non-hydrogen) atoms. The summed E-state index contributed by atoms with van der Waals surface area (Å²) >= 11 is 5.88. The van der Waals surface area contributed by atoms with Gasteiger partial charge in [-0.2, -0.15) is 0 Å². The summed E-state index contributed by atoms with van der Waals surface area (Å²) in [6, 6.07) is 6.81. The van der Waals surface area contributed by atoms with Gasteiger partial charge in [0.05, 0.1) is 16.6 Å². The van der Waals surface area contributed by atoms with Gasteiger partial charge in [0.1, 0.15) is 0 Å². The molecule has 4 nitrogen and oxygen atoms in total. The summed E-state index contributed by atoms with van der Waals surface area (Å²) in [5.74, 6) is -2.71. The van der Waals surface area contributed by atoms with Crippen LogP contribution in [-0.4, -0.2) is 17.0 Å². The van der Waals surface area contributed by atoms with Gasteiger partial charge in [-0.05, 0) is 12.1 Å². The van der Waals surface area contributed by atoms with E-state index in [1.54, 1.807) is 31.2 Å². The molecule has 1 rings (SSSR count). The first-order valence-electron chi connectivity index (χ1n) is 5.21. The summed E-state index contributed by atoms with van der Waals surface area (Å²) < 4.78 is 0. The number of rotatable bonds is 4. The zero-order valence-electron chi connectivity index (χ0n) is 9.61. The van der Waals surface area contributed by atoms with Gasteiger partial charge in [-0.1, -0.05) is 37.6 Å². The zero-order chi connectivity index (χ0) is 13.0. The molecule has 2 N–H and O–H groups in total. The number of amides is 1. The van der Waals surface area contributed by atoms with E-state index in [-0.39, 0.29) is 5.91 Å². The van der Waals surface area contributed by atoms with E-state index >= 15 is 0 Å². The molecule has 0 bridgehead atoms. The van der Waals surface area contributed by atoms with Gasteiger partial charge in [-0.3, -0.25) is 9.59 Å². The lowest BCUT2D eigenvalue weighted by Crippen LogP contribution is -2.30. The van der Waals surface area contributed by atoms with Crippen molar-refractivity contribution < 1.29 is 14.7 Å². The van der Waals surface area contributed by atoms with Crippen molar-refractivity contribution >= 4 is 29.2 Å². The Kier molecular flexibility index (Phi) is 4.52. The lowest BCUT2D eigenvalue weighted by atomic mass is 9.95. The fourth-order valence-electron chi connectivity index (χ4n) is 1.25. The minimum atomic E-state index is -0.994. The monoisotopic (exact) mass is 255 g/mol. The van der Waals surface area contributed by atoms with E-state index in [0.717, 1.165) is 0 Å². The number of carbonyl (C=O) groups excluding carboxylic acids is 1. The SMILES string of the molecule is CC(C(=O)O)C(C)C(=O)Nc1ccccc1Cl. The van der Waals surface area contributed by atoms with Crippen molar-refractivity contribution in [3.05, 3.63) is 29.3 Å². The fourth-order valence-corrected chi connectivity index (χ4v) is 1.43. The molecule has 0 saturated carbocycles. The second kappa shape index (κ2) is 5.68. The molecule has 0 aliphatic heterocycles. The number of carbonyl (C=O) groups is 2. The standard InChI is InChI=1S/C12H14ClNO3/c1-7(8(2)12(16)17)11(15)14-10-6-4-3-5-9(10)13/h3-8H,1-2H3,(H,14,15)(H,16,17). The molecule has 0 aliphatic rings. The molecule has 0 aromatic heterocycles. The zero-order valence-corrected chi connectivity index (χ0v) is 10.4. The Morgan fingerprint density at radius 3 is 2.35 bits per heavy atom. The van der Waals surface area contributed by atoms with Crippen molar-refractivity contribution in [2.45, 2.75) is 13.8 Å². The van der Waals surface area contributed by atoms with Crippen molar-refractivity contribution in [1.29, 1.82) is 0 Å². The van der Waals surface area contributed by atoms with E-state index in [0.29, 0.717) is 10.7 Å². The fraction of sp³-hybridized carbons (Fsp3) is 0.333. The van der Waals surface area contributed by atoms with E-state index in [9.17, 15) is 9.59 Å². The number of anilines is 1. The molecule has 0 spiro atoms. The molecular formula is C12H14ClNO3. The van der Waals surface area contributed by atoms with E-state index in [1.165, 1.54) is 6.92 Å². The first-order valence-corrected chi connectivity index (χ1v) is 5.59. The molecule has 0 radical (unpaired) electrons. The molecule has 2 atom stereocenters. The Balaban J connectivity index is 2.73. The number of hydrogen-bond acceptors (Lipinski definition) is 2. The summed E-state index contributed by atoms with van der Waals surface area (Å²) in [6.45, 7) is 3.07. The maximum atomic E-state index is 11.8. The first kappa shape index (κ1) is 13.5. The number of para-hydroxylation sites is 1. The number of nitrogens with one attached hydrogen (secondary N) is 1. The van der Waals surface area contributed by atoms with Crippen LogP contribution in [0.2, 0.25) is 5.02 Å². The second-order valence-electron chi connectivity index (χ2n) is 3.88. The van der Waals surface area contributed by atoms with Gasteiger partial charge < -0.3 is 10.4 Å². The maximum absolute atomic E-state index is 11.8. The Labute approximate surface area is 105 Å². The van der Waals surface area contributed by atoms with Crippen LogP contribution in [0.4, 0.5) is 5.69 Å². The van der Waals surface area contributed by atoms with Crippen molar-refractivity contribution in [2.24, 2.45) is 11.8 Å². The molecule has 2 unspecified atom stereocenters. The van der Waals surface area contributed by atoms with Gasteiger partial charge in [0.15, 0.2) is 0 Å². The van der Waals surface area contributed by atoms with E-state index in [4.69, 9.17) is 16.7 Å². The Bertz CT molecular complexity index is 434. The number of carboxylic acid groups (broad SMARTS) is 1. The molecule has 5 heteroatoms. The molecule has 0 aliphatic carbocycles. The van der Waals surface area contributed by atoms with Crippen LogP contribution >= 0.6 is 11.6 Å². The van der Waals surface area contributed by atoms with Crippen LogP contribution in [0.1, 0.15) is 13.8 Å². The minimum Gasteiger partial charge on any atom is -0.481 e. The first-order chi connectivity index (χ1) is 7.93. The summed E-state index contributed by atoms with van der Waals surface area (Å²) in [7, 11) is 0. The molecular weight excluding hydrogens is 242 g/mol. The predicted molar refractivity (Wildman–Crippen MR) is 66.0 cm³/mol. The average molecular weight is 256 g/mol. The van der Waals surface area contributed by atoms with Crippen LogP contribution < -0.4 is 5.32 Å². The van der Waals surface area contributed by atoms with Crippen molar-refractivity contribution in [1.82, 2.24) is 0 Å². The third-order valence-electron chi connectivity index (χ3n) is 2.68. The van der Waals surface area contributed by atoms with Crippen molar-refractivity contribution in [3.8, 4) is 0 Å². The Morgan fingerprint density at radius 1 is 1.24 bits per heavy atom. The maximum Gasteiger partial charge on any atom is 0.307 e. The smallest absolute Gasteiger partial charge is 0.307 e. The number of carboxylic acids is 1. The molecule has 92 valence electrons. The minimum absolute atomic E-state index is 0.354. The number of benzene rings is 1. The van der Waals surface area contributed by atoms with Crippen LogP contribution in [0.5, 0.6) is 0 Å². The van der Waals surface area contributed by atoms with Crippen LogP contribution in [0.3, 0.4) is 0 Å². The lowest BCUT2D eigenvalue weighted by Gasteiger charge is -2.16. The van der Waals surface area contributed by atoms with Gasteiger partial charge in [0.25, 0.3) is 0 Å². The Morgan fingerprint density at radius 2 is 1.82 bits per heavy atom. The third kappa shape index (κ3) is 3.46. The second-order valence-corrected chi connectivity index (χ2v) is 4.29. The summed E-state index contributed by atoms with van der Waals surface area (Å²) in [5.41, 5.74) is 0.489. The van der Waals surface area contributed by atoms with E-state index < -0.39 is 17.8 Å². The van der Waals surface area contributed by atoms with Crippen LogP contribution in [-0.2, 0) is 9.59 Å². The summed E-state index contributed by atoms with van der Waals surface area (Å²) in [6.07, 6.45) is 0. The van der Waals surface area contributed by atoms with Crippen LogP contribution in [0.15, 0.2) is 24.3 Å². The highest BCUT2D eigenvalue weighted by molar-refractivity contribution is 6.33. The number of aliphatic carboxylic acids is 1. The van der Waals surface area contributed by atoms with Crippen molar-refractivity contribution in [2.75, 3.05) is 5.32 Å². The van der Waals surface area contributed by atoms with Gasteiger partial charge >= 0.3 is 5.97 Å². The molecule has 1 aromatic rings. The highest BCUT2D eigenvalue weighted by Crippen LogP contribution is 2.22. The van der Waals surface area contributed by atoms with Crippen LogP contribution in [0.25, 0.3) is 0 Å². The third-order valence-corrected chi connectivity index (χ3v) is 3.01. The van der Waals surface area contributed by atoms with Crippen LogP contribution in [0, 0.1) is 11.8 Å². The lowest BCUT2D eigenvalue weighted by molar-refractivity contribution is -0.145. The van der Waals surface area contributed by atoms with Crippen molar-refractivity contribution in [3.63, 3.8) is 0 Å². The topological polar surface area (TPSA) is 66.4 Å². The summed E-state index contributed by atoms with van der Waals surface area (Å²) in [5, 5.41) is 11.9. The van der Waals surface area contributed by atoms with E-state index in [2.05, 4.69) is 5.32 Å². The Hall–Kier alpha value is -1.55. The molecule has 0 saturated heterocycles. The largest absolute Gasteiger partial charge is 0.481 e. The van der Waals surface area contributed by atoms with E-state index in [1.807, 2.05) is 0 Å². The summed E-state index contributed by atoms with van der Waals surface area (Å²) in [4.78, 5) is 22.5. The molecule has 1 aromatic carbocycles. The van der Waals surface area contributed by atoms with Gasteiger partial charge in [-0.15, -0.1) is 0 Å². The molecule has 1 amide bonds. The molecule has 0 heterocycles. The molecule has 0 fully saturated rings. The quantitative estimate of drug-likeness (QED) is 0.869.